The topological polar surface area (TPSA) is 38.8 Å². The summed E-state index contributed by atoms with van der Waals surface area (Å²) in [4.78, 5) is 14.3. The van der Waals surface area contributed by atoms with Crippen molar-refractivity contribution in [1.82, 2.24) is 4.90 Å². The van der Waals surface area contributed by atoms with Gasteiger partial charge in [0, 0.05) is 13.1 Å². The number of aryl methyl sites for hydroxylation is 2. The number of benzene rings is 1. The van der Waals surface area contributed by atoms with E-state index < -0.39 is 0 Å². The Bertz CT molecular complexity index is 505. The van der Waals surface area contributed by atoms with Gasteiger partial charge in [0.2, 0.25) is 0 Å². The van der Waals surface area contributed by atoms with Gasteiger partial charge in [-0.15, -0.1) is 0 Å². The van der Waals surface area contributed by atoms with E-state index in [0.29, 0.717) is 24.3 Å². The summed E-state index contributed by atoms with van der Waals surface area (Å²) < 4.78 is 11.3. The third-order valence-electron chi connectivity index (χ3n) is 4.30. The lowest BCUT2D eigenvalue weighted by Crippen LogP contribution is -2.46. The van der Waals surface area contributed by atoms with Gasteiger partial charge in [-0.3, -0.25) is 9.69 Å². The maximum absolute atomic E-state index is 12.2. The molecule has 1 unspecified atom stereocenters. The molecule has 114 valence electrons. The van der Waals surface area contributed by atoms with Crippen LogP contribution in [0.15, 0.2) is 18.2 Å². The number of nitrogens with zero attached hydrogens (tertiary/aromatic N) is 1. The Kier molecular flexibility index (Phi) is 4.27. The first-order valence-electron chi connectivity index (χ1n) is 7.74. The van der Waals surface area contributed by atoms with Crippen molar-refractivity contribution in [2.45, 2.75) is 32.8 Å². The smallest absolute Gasteiger partial charge is 0.325 e. The molecule has 0 spiro atoms. The number of morpholine rings is 1. The van der Waals surface area contributed by atoms with Crippen LogP contribution in [0.1, 0.15) is 24.0 Å². The van der Waals surface area contributed by atoms with Crippen molar-refractivity contribution in [3.05, 3.63) is 29.3 Å². The second-order valence-electron chi connectivity index (χ2n) is 6.18. The van der Waals surface area contributed by atoms with Crippen LogP contribution >= 0.6 is 0 Å². The maximum atomic E-state index is 12.2. The Morgan fingerprint density at radius 3 is 2.71 bits per heavy atom. The molecule has 1 aliphatic carbocycles. The molecule has 0 amide bonds. The van der Waals surface area contributed by atoms with Crippen LogP contribution in [0, 0.1) is 19.8 Å². The molecule has 4 nitrogen and oxygen atoms in total. The molecule has 3 rings (SSSR count). The molecule has 0 aromatic heterocycles. The third kappa shape index (κ3) is 3.63. The molecule has 2 aliphatic rings. The zero-order chi connectivity index (χ0) is 14.8. The molecule has 0 N–H and O–H groups in total. The summed E-state index contributed by atoms with van der Waals surface area (Å²) >= 11 is 0. The summed E-state index contributed by atoms with van der Waals surface area (Å²) in [6.45, 7) is 6.66. The largest absolute Gasteiger partial charge is 0.425 e. The summed E-state index contributed by atoms with van der Waals surface area (Å²) in [5.74, 6) is 1.24. The Balaban J connectivity index is 1.56. The average Bonchev–Trinajstić information content (AvgIpc) is 3.28. The number of esters is 1. The fourth-order valence-corrected chi connectivity index (χ4v) is 2.92. The van der Waals surface area contributed by atoms with Gasteiger partial charge in [-0.05, 0) is 43.7 Å². The molecule has 1 aliphatic heterocycles. The van der Waals surface area contributed by atoms with E-state index in [1.54, 1.807) is 0 Å². The number of para-hydroxylation sites is 1. The van der Waals surface area contributed by atoms with Crippen LogP contribution in [-0.4, -0.2) is 43.2 Å². The lowest BCUT2D eigenvalue weighted by Gasteiger charge is -2.32. The van der Waals surface area contributed by atoms with E-state index in [2.05, 4.69) is 4.90 Å². The second kappa shape index (κ2) is 6.16. The summed E-state index contributed by atoms with van der Waals surface area (Å²) in [7, 11) is 0. The first-order chi connectivity index (χ1) is 10.1. The van der Waals surface area contributed by atoms with E-state index >= 15 is 0 Å². The molecule has 1 saturated carbocycles. The summed E-state index contributed by atoms with van der Waals surface area (Å²) in [5, 5.41) is 0. The fourth-order valence-electron chi connectivity index (χ4n) is 2.92. The Morgan fingerprint density at radius 2 is 2.05 bits per heavy atom. The van der Waals surface area contributed by atoms with Crippen LogP contribution in [-0.2, 0) is 9.53 Å². The van der Waals surface area contributed by atoms with Gasteiger partial charge in [-0.2, -0.15) is 0 Å². The monoisotopic (exact) mass is 289 g/mol. The molecule has 21 heavy (non-hydrogen) atoms. The summed E-state index contributed by atoms with van der Waals surface area (Å²) in [6.07, 6.45) is 2.85. The van der Waals surface area contributed by atoms with Crippen molar-refractivity contribution in [1.29, 1.82) is 0 Å². The van der Waals surface area contributed by atoms with Crippen molar-refractivity contribution in [3.63, 3.8) is 0 Å². The number of rotatable bonds is 4. The van der Waals surface area contributed by atoms with Crippen molar-refractivity contribution < 1.29 is 14.3 Å². The Morgan fingerprint density at radius 1 is 1.33 bits per heavy atom. The molecule has 0 radical (unpaired) electrons. The number of hydrogen-bond acceptors (Lipinski definition) is 4. The van der Waals surface area contributed by atoms with Gasteiger partial charge in [0.15, 0.2) is 0 Å². The number of hydrogen-bond donors (Lipinski definition) is 0. The minimum absolute atomic E-state index is 0.177. The molecule has 0 bridgehead atoms. The highest BCUT2D eigenvalue weighted by molar-refractivity contribution is 5.75. The quantitative estimate of drug-likeness (QED) is 0.630. The third-order valence-corrected chi connectivity index (χ3v) is 4.30. The summed E-state index contributed by atoms with van der Waals surface area (Å²) in [5.41, 5.74) is 2.00. The zero-order valence-corrected chi connectivity index (χ0v) is 12.8. The SMILES string of the molecule is Cc1cccc(C)c1OC(=O)CN1CCOC(C2CC2)C1. The van der Waals surface area contributed by atoms with E-state index in [1.165, 1.54) is 12.8 Å². The zero-order valence-electron chi connectivity index (χ0n) is 12.8. The molecule has 1 aromatic rings. The normalized spacial score (nSPS) is 23.0. The molecular weight excluding hydrogens is 266 g/mol. The van der Waals surface area contributed by atoms with Crippen molar-refractivity contribution >= 4 is 5.97 Å². The van der Waals surface area contributed by atoms with Crippen LogP contribution in [0.5, 0.6) is 5.75 Å². The highest BCUT2D eigenvalue weighted by atomic mass is 16.5. The van der Waals surface area contributed by atoms with Gasteiger partial charge in [0.25, 0.3) is 0 Å². The van der Waals surface area contributed by atoms with Crippen molar-refractivity contribution in [3.8, 4) is 5.75 Å². The predicted molar refractivity (Wildman–Crippen MR) is 80.5 cm³/mol. The minimum atomic E-state index is -0.177. The Hall–Kier alpha value is -1.39. The van der Waals surface area contributed by atoms with E-state index in [0.717, 1.165) is 30.8 Å². The van der Waals surface area contributed by atoms with Crippen molar-refractivity contribution in [2.75, 3.05) is 26.2 Å². The summed E-state index contributed by atoms with van der Waals surface area (Å²) in [6, 6.07) is 5.91. The van der Waals surface area contributed by atoms with Crippen molar-refractivity contribution in [2.24, 2.45) is 5.92 Å². The van der Waals surface area contributed by atoms with Crippen LogP contribution in [0.3, 0.4) is 0 Å². The Labute approximate surface area is 126 Å². The van der Waals surface area contributed by atoms with Gasteiger partial charge in [0.05, 0.1) is 19.3 Å². The van der Waals surface area contributed by atoms with E-state index in [1.807, 2.05) is 32.0 Å². The predicted octanol–water partition coefficient (Wildman–Crippen LogP) is 2.32. The van der Waals surface area contributed by atoms with E-state index in [4.69, 9.17) is 9.47 Å². The van der Waals surface area contributed by atoms with Crippen LogP contribution in [0.4, 0.5) is 0 Å². The minimum Gasteiger partial charge on any atom is -0.425 e. The van der Waals surface area contributed by atoms with Crippen LogP contribution < -0.4 is 4.74 Å². The number of ether oxygens (including phenoxy) is 2. The molecule has 2 fully saturated rings. The average molecular weight is 289 g/mol. The number of carbonyl (C=O) groups excluding carboxylic acids is 1. The molecule has 4 heteroatoms. The van der Waals surface area contributed by atoms with Gasteiger partial charge in [0.1, 0.15) is 5.75 Å². The molecule has 1 atom stereocenters. The van der Waals surface area contributed by atoms with Crippen LogP contribution in [0.2, 0.25) is 0 Å². The van der Waals surface area contributed by atoms with Gasteiger partial charge >= 0.3 is 5.97 Å². The highest BCUT2D eigenvalue weighted by Gasteiger charge is 2.35. The molecular formula is C17H23NO3. The van der Waals surface area contributed by atoms with Gasteiger partial charge in [-0.1, -0.05) is 18.2 Å². The van der Waals surface area contributed by atoms with Gasteiger partial charge in [-0.25, -0.2) is 0 Å². The number of carbonyl (C=O) groups is 1. The highest BCUT2D eigenvalue weighted by Crippen LogP contribution is 2.35. The molecule has 1 saturated heterocycles. The molecule has 1 heterocycles. The fraction of sp³-hybridized carbons (Fsp3) is 0.588. The standard InChI is InChI=1S/C17H23NO3/c1-12-4-3-5-13(2)17(12)21-16(19)11-18-8-9-20-15(10-18)14-6-7-14/h3-5,14-15H,6-11H2,1-2H3. The van der Waals surface area contributed by atoms with E-state index in [9.17, 15) is 4.79 Å². The molecule has 1 aromatic carbocycles. The lowest BCUT2D eigenvalue weighted by atomic mass is 10.1. The van der Waals surface area contributed by atoms with E-state index in [-0.39, 0.29) is 5.97 Å². The van der Waals surface area contributed by atoms with Crippen LogP contribution in [0.25, 0.3) is 0 Å². The maximum Gasteiger partial charge on any atom is 0.325 e. The lowest BCUT2D eigenvalue weighted by molar-refractivity contribution is -0.138. The first kappa shape index (κ1) is 14.5. The van der Waals surface area contributed by atoms with Gasteiger partial charge < -0.3 is 9.47 Å². The first-order valence-corrected chi connectivity index (χ1v) is 7.74. The second-order valence-corrected chi connectivity index (χ2v) is 6.18.